The van der Waals surface area contributed by atoms with Crippen LogP contribution >= 0.6 is 11.6 Å². The van der Waals surface area contributed by atoms with Crippen LogP contribution in [0.5, 0.6) is 0 Å². The summed E-state index contributed by atoms with van der Waals surface area (Å²) in [5, 5.41) is 2.35. The highest BCUT2D eigenvalue weighted by Crippen LogP contribution is 2.20. The molecule has 1 amide bonds. The van der Waals surface area contributed by atoms with Gasteiger partial charge in [-0.15, -0.1) is 0 Å². The average molecular weight is 357 g/mol. The van der Waals surface area contributed by atoms with Crippen molar-refractivity contribution in [2.24, 2.45) is 0 Å². The van der Waals surface area contributed by atoms with E-state index in [2.05, 4.69) is 5.32 Å². The van der Waals surface area contributed by atoms with Gasteiger partial charge in [-0.25, -0.2) is 12.8 Å². The zero-order chi connectivity index (χ0) is 17.0. The van der Waals surface area contributed by atoms with Crippen molar-refractivity contribution >= 4 is 38.9 Å². The van der Waals surface area contributed by atoms with Gasteiger partial charge < -0.3 is 5.32 Å². The summed E-state index contributed by atoms with van der Waals surface area (Å²) in [5.41, 5.74) is 0.658. The topological polar surface area (TPSA) is 66.5 Å². The molecule has 0 aromatic heterocycles. The van der Waals surface area contributed by atoms with Crippen LogP contribution in [0.15, 0.2) is 48.5 Å². The summed E-state index contributed by atoms with van der Waals surface area (Å²) in [5.74, 6) is -1.17. The number of carbonyl (C=O) groups is 1. The van der Waals surface area contributed by atoms with Gasteiger partial charge in [0, 0.05) is 5.69 Å². The highest BCUT2D eigenvalue weighted by atomic mass is 35.5. The van der Waals surface area contributed by atoms with Gasteiger partial charge >= 0.3 is 0 Å². The number of halogens is 2. The average Bonchev–Trinajstić information content (AvgIpc) is 2.48. The number of nitrogens with one attached hydrogen (secondary N) is 1. The number of carbonyl (C=O) groups excluding carboxylic acids is 1. The molecule has 0 saturated heterocycles. The number of rotatable bonds is 5. The molecule has 2 rings (SSSR count). The molecule has 0 fully saturated rings. The summed E-state index contributed by atoms with van der Waals surface area (Å²) in [7, 11) is -3.63. The molecule has 0 spiro atoms. The monoisotopic (exact) mass is 356 g/mol. The Morgan fingerprint density at radius 1 is 1.22 bits per heavy atom. The summed E-state index contributed by atoms with van der Waals surface area (Å²) in [6.45, 7) is -0.405. The van der Waals surface area contributed by atoms with E-state index in [1.54, 1.807) is 30.3 Å². The maximum atomic E-state index is 13.1. The van der Waals surface area contributed by atoms with Crippen molar-refractivity contribution in [2.45, 2.75) is 0 Å². The Bertz CT molecular complexity index is 813. The maximum Gasteiger partial charge on any atom is 0.245 e. The number of para-hydroxylation sites is 1. The minimum atomic E-state index is -3.63. The van der Waals surface area contributed by atoms with Gasteiger partial charge in [0.1, 0.15) is 12.4 Å². The Morgan fingerprint density at radius 3 is 2.43 bits per heavy atom. The molecule has 0 saturated carbocycles. The summed E-state index contributed by atoms with van der Waals surface area (Å²) in [6.07, 6.45) is 1.02. The quantitative estimate of drug-likeness (QED) is 0.895. The van der Waals surface area contributed by atoms with Gasteiger partial charge in [0.05, 0.1) is 17.0 Å². The zero-order valence-electron chi connectivity index (χ0n) is 12.2. The van der Waals surface area contributed by atoms with Gasteiger partial charge in [0.25, 0.3) is 0 Å². The molecule has 122 valence electrons. The van der Waals surface area contributed by atoms with E-state index in [0.717, 1.165) is 16.6 Å². The fraction of sp³-hybridized carbons (Fsp3) is 0.133. The van der Waals surface area contributed by atoms with Gasteiger partial charge in [-0.1, -0.05) is 29.8 Å². The molecular formula is C15H14ClFN2O3S. The minimum absolute atomic E-state index is 0.133. The van der Waals surface area contributed by atoms with Crippen molar-refractivity contribution in [1.29, 1.82) is 0 Å². The van der Waals surface area contributed by atoms with Crippen LogP contribution in [0.1, 0.15) is 0 Å². The lowest BCUT2D eigenvalue weighted by Crippen LogP contribution is -2.37. The lowest BCUT2D eigenvalue weighted by atomic mass is 10.3. The van der Waals surface area contributed by atoms with Gasteiger partial charge in [-0.2, -0.15) is 0 Å². The second kappa shape index (κ2) is 6.97. The first-order valence-corrected chi connectivity index (χ1v) is 8.77. The third-order valence-electron chi connectivity index (χ3n) is 2.94. The summed E-state index contributed by atoms with van der Waals surface area (Å²) in [6, 6.07) is 12.0. The van der Waals surface area contributed by atoms with E-state index >= 15 is 0 Å². The Morgan fingerprint density at radius 2 is 1.87 bits per heavy atom. The Balaban J connectivity index is 2.17. The van der Waals surface area contributed by atoms with Crippen LogP contribution in [0.25, 0.3) is 0 Å². The smallest absolute Gasteiger partial charge is 0.245 e. The van der Waals surface area contributed by atoms with Crippen molar-refractivity contribution in [1.82, 2.24) is 0 Å². The molecule has 2 aromatic carbocycles. The molecule has 0 unspecified atom stereocenters. The Hall–Kier alpha value is -2.12. The first kappa shape index (κ1) is 17.2. The highest BCUT2D eigenvalue weighted by Gasteiger charge is 2.20. The van der Waals surface area contributed by atoms with E-state index in [1.165, 1.54) is 12.1 Å². The van der Waals surface area contributed by atoms with E-state index in [4.69, 9.17) is 11.6 Å². The lowest BCUT2D eigenvalue weighted by molar-refractivity contribution is -0.114. The van der Waals surface area contributed by atoms with Crippen LogP contribution < -0.4 is 9.62 Å². The number of hydrogen-bond acceptors (Lipinski definition) is 3. The van der Waals surface area contributed by atoms with E-state index in [-0.39, 0.29) is 10.7 Å². The number of anilines is 2. The first-order valence-electron chi connectivity index (χ1n) is 6.55. The van der Waals surface area contributed by atoms with E-state index in [9.17, 15) is 17.6 Å². The molecule has 1 N–H and O–H groups in total. The second-order valence-corrected chi connectivity index (χ2v) is 7.10. The maximum absolute atomic E-state index is 13.1. The summed E-state index contributed by atoms with van der Waals surface area (Å²) < 4.78 is 37.9. The molecule has 0 aliphatic rings. The van der Waals surface area contributed by atoms with Crippen LogP contribution in [0.2, 0.25) is 5.02 Å². The fourth-order valence-electron chi connectivity index (χ4n) is 1.90. The van der Waals surface area contributed by atoms with Gasteiger partial charge in [-0.05, 0) is 30.3 Å². The van der Waals surface area contributed by atoms with E-state index in [1.807, 2.05) is 0 Å². The number of nitrogens with zero attached hydrogens (tertiary/aromatic N) is 1. The van der Waals surface area contributed by atoms with Crippen molar-refractivity contribution in [3.05, 3.63) is 59.4 Å². The largest absolute Gasteiger partial charge is 0.324 e. The Kier molecular flexibility index (Phi) is 5.23. The van der Waals surface area contributed by atoms with Crippen LogP contribution in [0.4, 0.5) is 15.8 Å². The zero-order valence-corrected chi connectivity index (χ0v) is 13.7. The van der Waals surface area contributed by atoms with Crippen LogP contribution in [0.3, 0.4) is 0 Å². The standard InChI is InChI=1S/C15H14ClFN2O3S/c1-23(21,22)19(12-5-3-2-4-6-12)10-15(20)18-11-7-8-14(17)13(16)9-11/h2-9H,10H2,1H3,(H,18,20). The third kappa shape index (κ3) is 4.67. The van der Waals surface area contributed by atoms with E-state index < -0.39 is 28.3 Å². The van der Waals surface area contributed by atoms with Crippen LogP contribution in [0, 0.1) is 5.82 Å². The minimum Gasteiger partial charge on any atom is -0.324 e. The molecular weight excluding hydrogens is 343 g/mol. The second-order valence-electron chi connectivity index (χ2n) is 4.78. The molecule has 23 heavy (non-hydrogen) atoms. The number of sulfonamides is 1. The third-order valence-corrected chi connectivity index (χ3v) is 4.37. The molecule has 2 aromatic rings. The molecule has 8 heteroatoms. The highest BCUT2D eigenvalue weighted by molar-refractivity contribution is 7.92. The summed E-state index contributed by atoms with van der Waals surface area (Å²) >= 11 is 5.64. The van der Waals surface area contributed by atoms with Gasteiger partial charge in [0.2, 0.25) is 15.9 Å². The van der Waals surface area contributed by atoms with Gasteiger partial charge in [-0.3, -0.25) is 9.10 Å². The fourth-order valence-corrected chi connectivity index (χ4v) is 2.94. The SMILES string of the molecule is CS(=O)(=O)N(CC(=O)Nc1ccc(F)c(Cl)c1)c1ccccc1. The van der Waals surface area contributed by atoms with Crippen LogP contribution in [-0.4, -0.2) is 27.1 Å². The van der Waals surface area contributed by atoms with Crippen molar-refractivity contribution in [3.8, 4) is 0 Å². The predicted octanol–water partition coefficient (Wildman–Crippen LogP) is 2.88. The first-order chi connectivity index (χ1) is 10.8. The molecule has 0 heterocycles. The Labute approximate surface area is 138 Å². The van der Waals surface area contributed by atoms with Crippen molar-refractivity contribution in [2.75, 3.05) is 22.4 Å². The number of amides is 1. The molecule has 0 aliphatic carbocycles. The molecule has 5 nitrogen and oxygen atoms in total. The molecule has 0 atom stereocenters. The number of benzene rings is 2. The summed E-state index contributed by atoms with van der Waals surface area (Å²) in [4.78, 5) is 12.1. The molecule has 0 aliphatic heterocycles. The predicted molar refractivity (Wildman–Crippen MR) is 88.7 cm³/mol. The normalized spacial score (nSPS) is 11.1. The lowest BCUT2D eigenvalue weighted by Gasteiger charge is -2.21. The molecule has 0 radical (unpaired) electrons. The van der Waals surface area contributed by atoms with Crippen molar-refractivity contribution < 1.29 is 17.6 Å². The van der Waals surface area contributed by atoms with Gasteiger partial charge in [0.15, 0.2) is 0 Å². The van der Waals surface area contributed by atoms with Crippen molar-refractivity contribution in [3.63, 3.8) is 0 Å². The number of hydrogen-bond donors (Lipinski definition) is 1. The molecule has 0 bridgehead atoms. The van der Waals surface area contributed by atoms with E-state index in [0.29, 0.717) is 5.69 Å². The van der Waals surface area contributed by atoms with Crippen LogP contribution in [-0.2, 0) is 14.8 Å².